The first kappa shape index (κ1) is 50.2. The Balaban J connectivity index is 4.13. The molecular formula is C42H85N2O6P. The number of hydrogen-bond donors (Lipinski definition) is 4. The minimum Gasteiger partial charge on any atom is -0.387 e. The molecule has 8 nitrogen and oxygen atoms in total. The lowest BCUT2D eigenvalue weighted by Crippen LogP contribution is -2.45. The number of aliphatic hydroxyl groups is 1. The fourth-order valence-corrected chi connectivity index (χ4v) is 7.30. The number of nitrogens with one attached hydrogen (secondary N) is 1. The van der Waals surface area contributed by atoms with E-state index in [2.05, 4.69) is 19.2 Å². The fraction of sp³-hybridized carbons (Fsp3) is 0.929. The minimum absolute atomic E-state index is 0.0812. The summed E-state index contributed by atoms with van der Waals surface area (Å²) in [5.41, 5.74) is 5.37. The summed E-state index contributed by atoms with van der Waals surface area (Å²) in [5, 5.41) is 13.7. The Kier molecular flexibility index (Phi) is 38.4. The second-order valence-corrected chi connectivity index (χ2v) is 16.4. The number of phosphoric ester groups is 1. The average molecular weight is 745 g/mol. The van der Waals surface area contributed by atoms with Gasteiger partial charge >= 0.3 is 7.82 Å². The summed E-state index contributed by atoms with van der Waals surface area (Å²) in [7, 11) is -4.33. The van der Waals surface area contributed by atoms with Gasteiger partial charge in [0.1, 0.15) is 0 Å². The Bertz CT molecular complexity index is 814. The molecule has 0 aliphatic heterocycles. The Morgan fingerprint density at radius 3 is 1.39 bits per heavy atom. The number of nitrogens with two attached hydrogens (primary N) is 1. The van der Waals surface area contributed by atoms with Crippen LogP contribution in [0.3, 0.4) is 0 Å². The van der Waals surface area contributed by atoms with E-state index in [1.807, 2.05) is 6.08 Å². The van der Waals surface area contributed by atoms with Crippen LogP contribution in [0.1, 0.15) is 219 Å². The molecule has 0 radical (unpaired) electrons. The highest BCUT2D eigenvalue weighted by atomic mass is 31.2. The number of amides is 1. The van der Waals surface area contributed by atoms with Crippen LogP contribution in [-0.4, -0.2) is 47.8 Å². The zero-order valence-electron chi connectivity index (χ0n) is 33.6. The van der Waals surface area contributed by atoms with E-state index in [9.17, 15) is 19.4 Å². The lowest BCUT2D eigenvalue weighted by atomic mass is 10.0. The molecule has 0 saturated heterocycles. The van der Waals surface area contributed by atoms with Crippen molar-refractivity contribution in [2.75, 3.05) is 19.8 Å². The number of carbonyl (C=O) groups excluding carboxylic acids is 1. The third-order valence-corrected chi connectivity index (χ3v) is 10.8. The number of aliphatic hydroxyl groups excluding tert-OH is 1. The van der Waals surface area contributed by atoms with Crippen LogP contribution in [0, 0.1) is 0 Å². The molecule has 3 atom stereocenters. The van der Waals surface area contributed by atoms with Crippen molar-refractivity contribution >= 4 is 13.7 Å². The average Bonchev–Trinajstić information content (AvgIpc) is 3.12. The maximum atomic E-state index is 12.7. The van der Waals surface area contributed by atoms with Gasteiger partial charge in [0.05, 0.1) is 25.4 Å². The summed E-state index contributed by atoms with van der Waals surface area (Å²) >= 11 is 0. The molecule has 0 rings (SSSR count). The predicted molar refractivity (Wildman–Crippen MR) is 217 cm³/mol. The Morgan fingerprint density at radius 2 is 1.00 bits per heavy atom. The molecule has 0 saturated carbocycles. The van der Waals surface area contributed by atoms with Gasteiger partial charge in [-0.1, -0.05) is 206 Å². The van der Waals surface area contributed by atoms with Crippen molar-refractivity contribution in [1.82, 2.24) is 5.32 Å². The summed E-state index contributed by atoms with van der Waals surface area (Å²) < 4.78 is 22.1. The minimum atomic E-state index is -4.33. The van der Waals surface area contributed by atoms with E-state index >= 15 is 0 Å². The summed E-state index contributed by atoms with van der Waals surface area (Å²) in [6, 6.07) is -0.853. The lowest BCUT2D eigenvalue weighted by molar-refractivity contribution is -0.123. The molecule has 0 spiro atoms. The highest BCUT2D eigenvalue weighted by Crippen LogP contribution is 2.43. The molecule has 0 aromatic rings. The Hall–Kier alpha value is -0.760. The van der Waals surface area contributed by atoms with Crippen molar-refractivity contribution in [2.24, 2.45) is 5.73 Å². The molecule has 51 heavy (non-hydrogen) atoms. The number of phosphoric acid groups is 1. The van der Waals surface area contributed by atoms with E-state index in [-0.39, 0.29) is 25.7 Å². The van der Waals surface area contributed by atoms with Crippen molar-refractivity contribution in [3.63, 3.8) is 0 Å². The summed E-state index contributed by atoms with van der Waals surface area (Å²) in [5.74, 6) is -0.193. The van der Waals surface area contributed by atoms with Gasteiger partial charge in [0, 0.05) is 13.0 Å². The monoisotopic (exact) mass is 745 g/mol. The van der Waals surface area contributed by atoms with Gasteiger partial charge < -0.3 is 21.1 Å². The maximum absolute atomic E-state index is 12.7. The van der Waals surface area contributed by atoms with Gasteiger partial charge in [-0.15, -0.1) is 0 Å². The highest BCUT2D eigenvalue weighted by molar-refractivity contribution is 7.47. The smallest absolute Gasteiger partial charge is 0.387 e. The van der Waals surface area contributed by atoms with Gasteiger partial charge in [-0.3, -0.25) is 13.8 Å². The number of hydrogen-bond acceptors (Lipinski definition) is 6. The standard InChI is InChI=1S/C42H85N2O6P/c1-3-5-7-9-11-13-15-16-17-18-19-20-21-22-23-24-26-27-29-31-33-35-41(45)40(39-50-51(47,48)49-38-37-43)44-42(46)36-34-32-30-28-25-14-12-10-8-6-4-2/h33,35,40-41,45H,3-32,34,36-39,43H2,1-2H3,(H,44,46)(H,47,48)/b35-33+. The zero-order valence-corrected chi connectivity index (χ0v) is 34.5. The molecule has 0 bridgehead atoms. The van der Waals surface area contributed by atoms with Gasteiger partial charge in [-0.2, -0.15) is 0 Å². The van der Waals surface area contributed by atoms with Crippen molar-refractivity contribution in [2.45, 2.75) is 231 Å². The molecule has 0 heterocycles. The molecule has 1 amide bonds. The van der Waals surface area contributed by atoms with E-state index in [1.54, 1.807) is 6.08 Å². The van der Waals surface area contributed by atoms with Crippen LogP contribution in [0.5, 0.6) is 0 Å². The van der Waals surface area contributed by atoms with Crippen LogP contribution in [0.4, 0.5) is 0 Å². The third kappa shape index (κ3) is 37.4. The third-order valence-electron chi connectivity index (χ3n) is 9.86. The van der Waals surface area contributed by atoms with Gasteiger partial charge in [0.15, 0.2) is 0 Å². The molecule has 5 N–H and O–H groups in total. The van der Waals surface area contributed by atoms with Gasteiger partial charge in [-0.25, -0.2) is 4.57 Å². The second kappa shape index (κ2) is 38.9. The van der Waals surface area contributed by atoms with Gasteiger partial charge in [-0.05, 0) is 19.3 Å². The quantitative estimate of drug-likeness (QED) is 0.0278. The molecule has 3 unspecified atom stereocenters. The van der Waals surface area contributed by atoms with E-state index in [0.29, 0.717) is 6.42 Å². The Morgan fingerprint density at radius 1 is 0.627 bits per heavy atom. The molecule has 0 aliphatic rings. The van der Waals surface area contributed by atoms with Crippen LogP contribution in [0.25, 0.3) is 0 Å². The number of rotatable bonds is 41. The number of unbranched alkanes of at least 4 members (excludes halogenated alkanes) is 29. The fourth-order valence-electron chi connectivity index (χ4n) is 6.54. The Labute approximate surface area is 315 Å². The van der Waals surface area contributed by atoms with Crippen molar-refractivity contribution < 1.29 is 28.4 Å². The first-order chi connectivity index (χ1) is 24.9. The lowest BCUT2D eigenvalue weighted by Gasteiger charge is -2.23. The topological polar surface area (TPSA) is 131 Å². The van der Waals surface area contributed by atoms with Crippen LogP contribution in [-0.2, 0) is 18.4 Å². The number of allylic oxidation sites excluding steroid dienone is 1. The molecule has 0 aromatic carbocycles. The zero-order chi connectivity index (χ0) is 37.5. The first-order valence-corrected chi connectivity index (χ1v) is 23.3. The summed E-state index contributed by atoms with van der Waals surface area (Å²) in [4.78, 5) is 22.6. The van der Waals surface area contributed by atoms with Crippen LogP contribution in [0.15, 0.2) is 12.2 Å². The molecule has 0 fully saturated rings. The molecular weight excluding hydrogens is 659 g/mol. The second-order valence-electron chi connectivity index (χ2n) is 14.9. The van der Waals surface area contributed by atoms with Gasteiger partial charge in [0.2, 0.25) is 5.91 Å². The van der Waals surface area contributed by atoms with Gasteiger partial charge in [0.25, 0.3) is 0 Å². The van der Waals surface area contributed by atoms with Crippen molar-refractivity contribution in [3.8, 4) is 0 Å². The molecule has 9 heteroatoms. The van der Waals surface area contributed by atoms with Crippen LogP contribution in [0.2, 0.25) is 0 Å². The van der Waals surface area contributed by atoms with Crippen LogP contribution >= 0.6 is 7.82 Å². The molecule has 0 aliphatic carbocycles. The largest absolute Gasteiger partial charge is 0.472 e. The van der Waals surface area contributed by atoms with E-state index < -0.39 is 20.0 Å². The predicted octanol–water partition coefficient (Wildman–Crippen LogP) is 12.0. The summed E-state index contributed by atoms with van der Waals surface area (Å²) in [6.07, 6.45) is 42.6. The van der Waals surface area contributed by atoms with Crippen molar-refractivity contribution in [1.29, 1.82) is 0 Å². The normalized spacial score (nSPS) is 14.2. The van der Waals surface area contributed by atoms with E-state index in [0.717, 1.165) is 38.5 Å². The SMILES string of the molecule is CCCCCCCCCCCCCCCCCCCCC/C=C/C(O)C(COP(=O)(O)OCCN)NC(=O)CCCCCCCCCCCCC. The van der Waals surface area contributed by atoms with Crippen molar-refractivity contribution in [3.05, 3.63) is 12.2 Å². The first-order valence-electron chi connectivity index (χ1n) is 21.8. The van der Waals surface area contributed by atoms with E-state index in [1.165, 1.54) is 161 Å². The maximum Gasteiger partial charge on any atom is 0.472 e. The highest BCUT2D eigenvalue weighted by Gasteiger charge is 2.26. The summed E-state index contributed by atoms with van der Waals surface area (Å²) in [6.45, 7) is 4.14. The molecule has 304 valence electrons. The molecule has 0 aromatic heterocycles. The van der Waals surface area contributed by atoms with Crippen LogP contribution < -0.4 is 11.1 Å². The number of carbonyl (C=O) groups is 1. The van der Waals surface area contributed by atoms with E-state index in [4.69, 9.17) is 14.8 Å².